The summed E-state index contributed by atoms with van der Waals surface area (Å²) in [5, 5.41) is 0. The number of rotatable bonds is 12. The molecule has 2 aromatic carbocycles. The van der Waals surface area contributed by atoms with Crippen LogP contribution in [-0.2, 0) is 12.5 Å². The number of unbranched alkanes of at least 4 members (excludes halogenated alkanes) is 2. The standard InChI is InChI=1S/C27H31F7O2/c1-2-3-4-5-17-6-8-18(9-7-17)10-11-19-12-13-21(22(28)14-19)27(33,34)36-20-15-23(29)25(24(30)16-20)35-26(31)32/h12-18,26H,2-11H2,1H3. The molecule has 9 heteroatoms. The lowest BCUT2D eigenvalue weighted by molar-refractivity contribution is -0.187. The van der Waals surface area contributed by atoms with Crippen LogP contribution in [0.25, 0.3) is 0 Å². The van der Waals surface area contributed by atoms with Crippen LogP contribution < -0.4 is 9.47 Å². The van der Waals surface area contributed by atoms with Crippen LogP contribution in [0.1, 0.15) is 75.8 Å². The van der Waals surface area contributed by atoms with Gasteiger partial charge in [0.1, 0.15) is 11.6 Å². The molecule has 0 amide bonds. The van der Waals surface area contributed by atoms with Gasteiger partial charge in [-0.1, -0.05) is 64.4 Å². The minimum atomic E-state index is -4.26. The van der Waals surface area contributed by atoms with Gasteiger partial charge in [0, 0.05) is 12.1 Å². The predicted octanol–water partition coefficient (Wildman–Crippen LogP) is 9.15. The number of aryl methyl sites for hydroxylation is 1. The van der Waals surface area contributed by atoms with E-state index in [-0.39, 0.29) is 12.1 Å². The van der Waals surface area contributed by atoms with Crippen LogP contribution in [0, 0.1) is 29.3 Å². The molecular formula is C27H31F7O2. The van der Waals surface area contributed by atoms with Crippen LogP contribution in [0.4, 0.5) is 30.7 Å². The van der Waals surface area contributed by atoms with E-state index in [1.165, 1.54) is 44.6 Å². The number of hydrogen-bond donors (Lipinski definition) is 0. The molecule has 2 nitrogen and oxygen atoms in total. The second-order valence-corrected chi connectivity index (χ2v) is 9.45. The first-order chi connectivity index (χ1) is 17.1. The number of benzene rings is 2. The summed E-state index contributed by atoms with van der Waals surface area (Å²) in [6, 6.07) is 3.81. The molecule has 1 aliphatic carbocycles. The third kappa shape index (κ3) is 7.77. The molecular weight excluding hydrogens is 489 g/mol. The van der Waals surface area contributed by atoms with Crippen molar-refractivity contribution in [3.8, 4) is 11.5 Å². The summed E-state index contributed by atoms with van der Waals surface area (Å²) in [6.07, 6.45) is 6.80. The number of alkyl halides is 4. The van der Waals surface area contributed by atoms with Crippen molar-refractivity contribution < 1.29 is 40.2 Å². The highest BCUT2D eigenvalue weighted by atomic mass is 19.3. The molecule has 200 valence electrons. The van der Waals surface area contributed by atoms with E-state index in [1.807, 2.05) is 0 Å². The molecule has 0 aromatic heterocycles. The monoisotopic (exact) mass is 520 g/mol. The van der Waals surface area contributed by atoms with Crippen LogP contribution in [0.15, 0.2) is 30.3 Å². The summed E-state index contributed by atoms with van der Waals surface area (Å²) in [4.78, 5) is 0. The van der Waals surface area contributed by atoms with Gasteiger partial charge in [-0.3, -0.25) is 0 Å². The largest absolute Gasteiger partial charge is 0.429 e. The van der Waals surface area contributed by atoms with Gasteiger partial charge in [-0.15, -0.1) is 0 Å². The fourth-order valence-corrected chi connectivity index (χ4v) is 4.81. The van der Waals surface area contributed by atoms with E-state index in [2.05, 4.69) is 16.4 Å². The SMILES string of the molecule is CCCCCC1CCC(CCc2ccc(C(F)(F)Oc3cc(F)c(OC(F)F)c(F)c3)c(F)c2)CC1. The van der Waals surface area contributed by atoms with Gasteiger partial charge in [-0.2, -0.15) is 17.6 Å². The molecule has 0 spiro atoms. The lowest BCUT2D eigenvalue weighted by Crippen LogP contribution is -2.24. The van der Waals surface area contributed by atoms with Gasteiger partial charge in [0.15, 0.2) is 17.4 Å². The Morgan fingerprint density at radius 3 is 2.03 bits per heavy atom. The van der Waals surface area contributed by atoms with Crippen molar-refractivity contribution in [1.82, 2.24) is 0 Å². The Kier molecular flexibility index (Phi) is 9.91. The second-order valence-electron chi connectivity index (χ2n) is 9.45. The topological polar surface area (TPSA) is 18.5 Å². The van der Waals surface area contributed by atoms with Gasteiger partial charge in [-0.05, 0) is 42.4 Å². The van der Waals surface area contributed by atoms with E-state index in [4.69, 9.17) is 0 Å². The van der Waals surface area contributed by atoms with E-state index >= 15 is 0 Å². The van der Waals surface area contributed by atoms with E-state index in [0.717, 1.165) is 37.3 Å². The van der Waals surface area contributed by atoms with E-state index in [1.54, 1.807) is 0 Å². The zero-order chi connectivity index (χ0) is 26.3. The molecule has 0 bridgehead atoms. The maximum Gasteiger partial charge on any atom is 0.429 e. The number of halogens is 7. The van der Waals surface area contributed by atoms with Crippen LogP contribution >= 0.6 is 0 Å². The number of ether oxygens (including phenoxy) is 2. The maximum atomic E-state index is 14.6. The smallest absolute Gasteiger partial charge is 0.429 e. The Labute approximate surface area is 206 Å². The highest BCUT2D eigenvalue weighted by molar-refractivity contribution is 5.36. The first kappa shape index (κ1) is 28.1. The van der Waals surface area contributed by atoms with Crippen molar-refractivity contribution in [1.29, 1.82) is 0 Å². The molecule has 36 heavy (non-hydrogen) atoms. The third-order valence-corrected chi connectivity index (χ3v) is 6.80. The van der Waals surface area contributed by atoms with Crippen molar-refractivity contribution in [3.63, 3.8) is 0 Å². The maximum absolute atomic E-state index is 14.6. The summed E-state index contributed by atoms with van der Waals surface area (Å²) >= 11 is 0. The van der Waals surface area contributed by atoms with Crippen LogP contribution in [0.3, 0.4) is 0 Å². The molecule has 0 heterocycles. The molecule has 0 unspecified atom stereocenters. The van der Waals surface area contributed by atoms with Gasteiger partial charge in [0.05, 0.1) is 5.56 Å². The van der Waals surface area contributed by atoms with Gasteiger partial charge in [0.25, 0.3) is 0 Å². The van der Waals surface area contributed by atoms with Crippen molar-refractivity contribution in [2.24, 2.45) is 11.8 Å². The summed E-state index contributed by atoms with van der Waals surface area (Å²) in [6.45, 7) is -1.32. The lowest BCUT2D eigenvalue weighted by atomic mass is 9.78. The molecule has 0 atom stereocenters. The van der Waals surface area contributed by atoms with Crippen molar-refractivity contribution in [2.75, 3.05) is 0 Å². The highest BCUT2D eigenvalue weighted by Gasteiger charge is 2.38. The third-order valence-electron chi connectivity index (χ3n) is 6.80. The molecule has 1 aliphatic rings. The Hall–Kier alpha value is -2.45. The molecule has 0 saturated heterocycles. The van der Waals surface area contributed by atoms with Gasteiger partial charge in [-0.25, -0.2) is 13.2 Å². The minimum absolute atomic E-state index is 0.263. The summed E-state index contributed by atoms with van der Waals surface area (Å²) < 4.78 is 104. The minimum Gasteiger partial charge on any atom is -0.429 e. The zero-order valence-electron chi connectivity index (χ0n) is 20.2. The van der Waals surface area contributed by atoms with E-state index < -0.39 is 47.2 Å². The summed E-state index contributed by atoms with van der Waals surface area (Å²) in [5.74, 6) is -5.66. The Morgan fingerprint density at radius 1 is 0.861 bits per heavy atom. The molecule has 0 radical (unpaired) electrons. The van der Waals surface area contributed by atoms with Gasteiger partial charge < -0.3 is 9.47 Å². The van der Waals surface area contributed by atoms with Crippen LogP contribution in [-0.4, -0.2) is 6.61 Å². The van der Waals surface area contributed by atoms with Crippen molar-refractivity contribution >= 4 is 0 Å². The Balaban J connectivity index is 1.57. The molecule has 0 N–H and O–H groups in total. The first-order valence-corrected chi connectivity index (χ1v) is 12.4. The Morgan fingerprint density at radius 2 is 1.47 bits per heavy atom. The fourth-order valence-electron chi connectivity index (χ4n) is 4.81. The molecule has 1 saturated carbocycles. The Bertz CT molecular complexity index is 965. The quantitative estimate of drug-likeness (QED) is 0.205. The van der Waals surface area contributed by atoms with Crippen LogP contribution in [0.2, 0.25) is 0 Å². The molecule has 1 fully saturated rings. The average Bonchev–Trinajstić information content (AvgIpc) is 2.80. The predicted molar refractivity (Wildman–Crippen MR) is 122 cm³/mol. The molecule has 2 aromatic rings. The van der Waals surface area contributed by atoms with Gasteiger partial charge in [0.2, 0.25) is 0 Å². The summed E-state index contributed by atoms with van der Waals surface area (Å²) in [5.41, 5.74) is -0.532. The fraction of sp³-hybridized carbons (Fsp3) is 0.556. The van der Waals surface area contributed by atoms with E-state index in [0.29, 0.717) is 17.9 Å². The highest BCUT2D eigenvalue weighted by Crippen LogP contribution is 2.37. The average molecular weight is 521 g/mol. The molecule has 0 aliphatic heterocycles. The van der Waals surface area contributed by atoms with Crippen molar-refractivity contribution in [3.05, 3.63) is 58.9 Å². The second kappa shape index (κ2) is 12.7. The first-order valence-electron chi connectivity index (χ1n) is 12.4. The van der Waals surface area contributed by atoms with E-state index in [9.17, 15) is 30.7 Å². The number of hydrogen-bond acceptors (Lipinski definition) is 2. The van der Waals surface area contributed by atoms with Crippen molar-refractivity contribution in [2.45, 2.75) is 83.9 Å². The molecule has 3 rings (SSSR count). The van der Waals surface area contributed by atoms with Gasteiger partial charge >= 0.3 is 12.7 Å². The summed E-state index contributed by atoms with van der Waals surface area (Å²) in [7, 11) is 0. The normalized spacial score (nSPS) is 18.5. The lowest BCUT2D eigenvalue weighted by Gasteiger charge is -2.28. The van der Waals surface area contributed by atoms with Crippen LogP contribution in [0.5, 0.6) is 11.5 Å². The zero-order valence-corrected chi connectivity index (χ0v) is 20.2.